The average Bonchev–Trinajstić information content (AvgIpc) is 3.13. The Balaban J connectivity index is 1.75. The van der Waals surface area contributed by atoms with E-state index in [-0.39, 0.29) is 11.9 Å². The van der Waals surface area contributed by atoms with Crippen molar-refractivity contribution in [3.8, 4) is 10.6 Å². The van der Waals surface area contributed by atoms with Gasteiger partial charge in [0.05, 0.1) is 22.4 Å². The molecular formula is C15H18ClN3O2S2. The number of nitrogen functional groups attached to an aromatic ring is 1. The SMILES string of the molecule is CCOC(=O)C1CCN(c2sc(N)nc2-c2cc(Cl)cs2)CC1. The van der Waals surface area contributed by atoms with Crippen molar-refractivity contribution in [1.82, 2.24) is 4.98 Å². The molecule has 2 N–H and O–H groups in total. The molecule has 0 unspecified atom stereocenters. The summed E-state index contributed by atoms with van der Waals surface area (Å²) in [5.74, 6) is -0.0858. The second kappa shape index (κ2) is 7.07. The van der Waals surface area contributed by atoms with Crippen LogP contribution in [-0.4, -0.2) is 30.6 Å². The molecule has 0 spiro atoms. The van der Waals surface area contributed by atoms with E-state index in [4.69, 9.17) is 22.1 Å². The third-order valence-corrected chi connectivity index (χ3v) is 6.06. The molecule has 0 aromatic carbocycles. The maximum Gasteiger partial charge on any atom is 0.309 e. The quantitative estimate of drug-likeness (QED) is 0.826. The molecule has 0 radical (unpaired) electrons. The molecule has 1 saturated heterocycles. The molecule has 8 heteroatoms. The molecule has 0 atom stereocenters. The first kappa shape index (κ1) is 16.5. The predicted octanol–water partition coefficient (Wildman–Crippen LogP) is 3.89. The number of hydrogen-bond donors (Lipinski definition) is 1. The number of ether oxygens (including phenoxy) is 1. The number of piperidine rings is 1. The Morgan fingerprint density at radius 3 is 2.87 bits per heavy atom. The predicted molar refractivity (Wildman–Crippen MR) is 96.4 cm³/mol. The van der Waals surface area contributed by atoms with E-state index < -0.39 is 0 Å². The third-order valence-electron chi connectivity index (χ3n) is 3.83. The van der Waals surface area contributed by atoms with E-state index in [0.29, 0.717) is 16.8 Å². The van der Waals surface area contributed by atoms with Gasteiger partial charge in [0.25, 0.3) is 0 Å². The highest BCUT2D eigenvalue weighted by atomic mass is 35.5. The van der Waals surface area contributed by atoms with Gasteiger partial charge in [0, 0.05) is 18.5 Å². The van der Waals surface area contributed by atoms with Crippen molar-refractivity contribution in [3.05, 3.63) is 16.5 Å². The largest absolute Gasteiger partial charge is 0.466 e. The van der Waals surface area contributed by atoms with Crippen molar-refractivity contribution in [2.24, 2.45) is 5.92 Å². The smallest absolute Gasteiger partial charge is 0.309 e. The van der Waals surface area contributed by atoms with Crippen molar-refractivity contribution in [2.45, 2.75) is 19.8 Å². The third kappa shape index (κ3) is 3.62. The Labute approximate surface area is 148 Å². The summed E-state index contributed by atoms with van der Waals surface area (Å²) < 4.78 is 5.12. The lowest BCUT2D eigenvalue weighted by atomic mass is 9.97. The zero-order chi connectivity index (χ0) is 16.4. The van der Waals surface area contributed by atoms with Crippen LogP contribution in [0.1, 0.15) is 19.8 Å². The molecule has 0 amide bonds. The van der Waals surface area contributed by atoms with Gasteiger partial charge in [-0.2, -0.15) is 0 Å². The zero-order valence-electron chi connectivity index (χ0n) is 12.8. The fraction of sp³-hybridized carbons (Fsp3) is 0.467. The Morgan fingerprint density at radius 1 is 1.52 bits per heavy atom. The van der Waals surface area contributed by atoms with Crippen LogP contribution < -0.4 is 10.6 Å². The normalized spacial score (nSPS) is 15.8. The van der Waals surface area contributed by atoms with Crippen LogP contribution in [0.5, 0.6) is 0 Å². The number of halogens is 1. The summed E-state index contributed by atoms with van der Waals surface area (Å²) in [5, 5.41) is 4.21. The number of esters is 1. The molecular weight excluding hydrogens is 354 g/mol. The molecule has 2 aromatic rings. The zero-order valence-corrected chi connectivity index (χ0v) is 15.1. The Morgan fingerprint density at radius 2 is 2.26 bits per heavy atom. The summed E-state index contributed by atoms with van der Waals surface area (Å²) in [5.41, 5.74) is 6.81. The van der Waals surface area contributed by atoms with Gasteiger partial charge in [-0.05, 0) is 25.8 Å². The van der Waals surface area contributed by atoms with Gasteiger partial charge in [-0.3, -0.25) is 4.79 Å². The Bertz CT molecular complexity index is 693. The van der Waals surface area contributed by atoms with Gasteiger partial charge in [-0.1, -0.05) is 22.9 Å². The van der Waals surface area contributed by atoms with E-state index in [0.717, 1.165) is 41.5 Å². The Hall–Kier alpha value is -1.31. The first-order valence-electron chi connectivity index (χ1n) is 7.50. The van der Waals surface area contributed by atoms with Crippen LogP contribution in [0, 0.1) is 5.92 Å². The molecule has 1 fully saturated rings. The number of carbonyl (C=O) groups excluding carboxylic acids is 1. The summed E-state index contributed by atoms with van der Waals surface area (Å²) >= 11 is 9.08. The monoisotopic (exact) mass is 371 g/mol. The molecule has 3 rings (SSSR count). The first-order valence-corrected chi connectivity index (χ1v) is 9.58. The molecule has 124 valence electrons. The van der Waals surface area contributed by atoms with Crippen LogP contribution in [0.2, 0.25) is 5.02 Å². The van der Waals surface area contributed by atoms with Crippen LogP contribution in [0.15, 0.2) is 11.4 Å². The van der Waals surface area contributed by atoms with Gasteiger partial charge in [-0.15, -0.1) is 11.3 Å². The van der Waals surface area contributed by atoms with E-state index in [2.05, 4.69) is 9.88 Å². The fourth-order valence-electron chi connectivity index (χ4n) is 2.72. The van der Waals surface area contributed by atoms with Gasteiger partial charge in [0.1, 0.15) is 10.7 Å². The fourth-order valence-corrected chi connectivity index (χ4v) is 4.75. The molecule has 2 aromatic heterocycles. The molecule has 5 nitrogen and oxygen atoms in total. The van der Waals surface area contributed by atoms with E-state index in [1.54, 1.807) is 11.3 Å². The van der Waals surface area contributed by atoms with Crippen molar-refractivity contribution in [3.63, 3.8) is 0 Å². The van der Waals surface area contributed by atoms with Gasteiger partial charge in [0.15, 0.2) is 5.13 Å². The number of carbonyl (C=O) groups is 1. The number of nitrogens with zero attached hydrogens (tertiary/aromatic N) is 2. The highest BCUT2D eigenvalue weighted by molar-refractivity contribution is 7.20. The lowest BCUT2D eigenvalue weighted by Gasteiger charge is -2.31. The average molecular weight is 372 g/mol. The molecule has 1 aliphatic rings. The summed E-state index contributed by atoms with van der Waals surface area (Å²) in [7, 11) is 0. The van der Waals surface area contributed by atoms with Gasteiger partial charge in [0.2, 0.25) is 0 Å². The maximum atomic E-state index is 11.9. The van der Waals surface area contributed by atoms with E-state index in [1.807, 2.05) is 18.4 Å². The minimum atomic E-state index is -0.0822. The van der Waals surface area contributed by atoms with Gasteiger partial charge in [-0.25, -0.2) is 4.98 Å². The summed E-state index contributed by atoms with van der Waals surface area (Å²) in [6, 6.07) is 1.91. The van der Waals surface area contributed by atoms with Crippen LogP contribution >= 0.6 is 34.3 Å². The van der Waals surface area contributed by atoms with Crippen LogP contribution in [0.4, 0.5) is 10.1 Å². The summed E-state index contributed by atoms with van der Waals surface area (Å²) in [6.07, 6.45) is 1.59. The molecule has 23 heavy (non-hydrogen) atoms. The number of anilines is 2. The minimum absolute atomic E-state index is 0.00361. The number of aromatic nitrogens is 1. The van der Waals surface area contributed by atoms with Crippen LogP contribution in [0.25, 0.3) is 10.6 Å². The number of hydrogen-bond acceptors (Lipinski definition) is 7. The molecule has 1 aliphatic heterocycles. The second-order valence-electron chi connectivity index (χ2n) is 5.35. The second-order valence-corrected chi connectivity index (χ2v) is 7.71. The molecule has 3 heterocycles. The first-order chi connectivity index (χ1) is 11.1. The number of thiazole rings is 1. The molecule has 0 aliphatic carbocycles. The molecule has 0 saturated carbocycles. The van der Waals surface area contributed by atoms with Gasteiger partial charge < -0.3 is 15.4 Å². The highest BCUT2D eigenvalue weighted by Crippen LogP contribution is 2.42. The van der Waals surface area contributed by atoms with Crippen LogP contribution in [0.3, 0.4) is 0 Å². The van der Waals surface area contributed by atoms with Crippen molar-refractivity contribution < 1.29 is 9.53 Å². The summed E-state index contributed by atoms with van der Waals surface area (Å²) in [4.78, 5) is 19.6. The minimum Gasteiger partial charge on any atom is -0.466 e. The standard InChI is InChI=1S/C15H18ClN3O2S2/c1-2-21-14(20)9-3-5-19(6-4-9)13-12(18-15(17)23-13)11-7-10(16)8-22-11/h7-9H,2-6H2,1H3,(H2,17,18). The topological polar surface area (TPSA) is 68.5 Å². The lowest BCUT2D eigenvalue weighted by molar-refractivity contribution is -0.148. The summed E-state index contributed by atoms with van der Waals surface area (Å²) in [6.45, 7) is 3.88. The number of thiophene rings is 1. The van der Waals surface area contributed by atoms with Crippen molar-refractivity contribution in [2.75, 3.05) is 30.3 Å². The van der Waals surface area contributed by atoms with Crippen molar-refractivity contribution >= 4 is 50.4 Å². The molecule has 0 bridgehead atoms. The number of nitrogens with two attached hydrogens (primary N) is 1. The van der Waals surface area contributed by atoms with Crippen LogP contribution in [-0.2, 0) is 9.53 Å². The van der Waals surface area contributed by atoms with E-state index in [1.165, 1.54) is 11.3 Å². The highest BCUT2D eigenvalue weighted by Gasteiger charge is 2.28. The lowest BCUT2D eigenvalue weighted by Crippen LogP contribution is -2.36. The Kier molecular flexibility index (Phi) is 5.08. The van der Waals surface area contributed by atoms with Crippen molar-refractivity contribution in [1.29, 1.82) is 0 Å². The van der Waals surface area contributed by atoms with E-state index >= 15 is 0 Å². The maximum absolute atomic E-state index is 11.9. The number of rotatable bonds is 4. The van der Waals surface area contributed by atoms with Gasteiger partial charge >= 0.3 is 5.97 Å². The van der Waals surface area contributed by atoms with E-state index in [9.17, 15) is 4.79 Å².